The van der Waals surface area contributed by atoms with E-state index in [0.29, 0.717) is 16.4 Å². The normalized spacial score (nSPS) is 17.2. The lowest BCUT2D eigenvalue weighted by atomic mass is 10.2. The van der Waals surface area contributed by atoms with Crippen LogP contribution in [0.1, 0.15) is 5.56 Å². The van der Waals surface area contributed by atoms with Gasteiger partial charge in [0.05, 0.1) is 21.6 Å². The predicted molar refractivity (Wildman–Crippen MR) is 106 cm³/mol. The molecule has 0 spiro atoms. The van der Waals surface area contributed by atoms with E-state index < -0.39 is 5.82 Å². The van der Waals surface area contributed by atoms with Gasteiger partial charge in [-0.1, -0.05) is 12.1 Å². The topological polar surface area (TPSA) is 68.4 Å². The first-order chi connectivity index (χ1) is 12.9. The van der Waals surface area contributed by atoms with Crippen LogP contribution in [0, 0.1) is 5.82 Å². The molecule has 2 aromatic carbocycles. The van der Waals surface area contributed by atoms with Gasteiger partial charge < -0.3 is 5.32 Å². The first kappa shape index (κ1) is 17.3. The molecule has 1 saturated heterocycles. The van der Waals surface area contributed by atoms with Crippen molar-refractivity contribution in [3.8, 4) is 0 Å². The highest BCUT2D eigenvalue weighted by molar-refractivity contribution is 8.18. The Bertz CT molecular complexity index is 1210. The Morgan fingerprint density at radius 2 is 1.85 bits per heavy atom. The van der Waals surface area contributed by atoms with Gasteiger partial charge in [-0.3, -0.25) is 13.9 Å². The molecule has 6 nitrogen and oxygen atoms in total. The van der Waals surface area contributed by atoms with Gasteiger partial charge in [0.2, 0.25) is 0 Å². The molecule has 1 aliphatic heterocycles. The van der Waals surface area contributed by atoms with Crippen molar-refractivity contribution < 1.29 is 9.18 Å². The zero-order valence-electron chi connectivity index (χ0n) is 14.6. The van der Waals surface area contributed by atoms with Crippen LogP contribution in [0.25, 0.3) is 17.1 Å². The molecular weight excluding hydrogens is 367 g/mol. The van der Waals surface area contributed by atoms with Gasteiger partial charge in [-0.25, -0.2) is 14.2 Å². The van der Waals surface area contributed by atoms with E-state index in [1.807, 2.05) is 24.3 Å². The number of carbonyl (C=O) groups is 1. The summed E-state index contributed by atoms with van der Waals surface area (Å²) in [6.45, 7) is 0. The Morgan fingerprint density at radius 3 is 2.63 bits per heavy atom. The fourth-order valence-corrected chi connectivity index (χ4v) is 3.69. The molecule has 1 N–H and O–H groups in total. The monoisotopic (exact) mass is 382 g/mol. The van der Waals surface area contributed by atoms with Crippen molar-refractivity contribution in [2.24, 2.45) is 19.1 Å². The highest BCUT2D eigenvalue weighted by Crippen LogP contribution is 2.29. The van der Waals surface area contributed by atoms with Crippen LogP contribution in [0.2, 0.25) is 0 Å². The lowest BCUT2D eigenvalue weighted by Crippen LogP contribution is -2.19. The number of amidine groups is 1. The van der Waals surface area contributed by atoms with E-state index in [1.54, 1.807) is 35.4 Å². The third-order valence-corrected chi connectivity index (χ3v) is 5.12. The highest BCUT2D eigenvalue weighted by atomic mass is 32.2. The Balaban J connectivity index is 1.77. The van der Waals surface area contributed by atoms with Crippen LogP contribution in [0.3, 0.4) is 0 Å². The molecule has 2 heterocycles. The number of amides is 1. The molecule has 0 aliphatic carbocycles. The Hall–Kier alpha value is -3.13. The van der Waals surface area contributed by atoms with Crippen LogP contribution in [0.4, 0.5) is 14.9 Å². The number of hydrogen-bond acceptors (Lipinski definition) is 4. The summed E-state index contributed by atoms with van der Waals surface area (Å²) >= 11 is 1.02. The van der Waals surface area contributed by atoms with Crippen LogP contribution >= 0.6 is 11.8 Å². The SMILES string of the molecule is Cn1c(=O)n(C)c2cc(C=C3SC(=O)NC3=Nc3cccc(F)c3)ccc21. The number of hydrogen-bond donors (Lipinski definition) is 1. The first-order valence-electron chi connectivity index (χ1n) is 8.13. The summed E-state index contributed by atoms with van der Waals surface area (Å²) < 4.78 is 16.5. The van der Waals surface area contributed by atoms with Crippen molar-refractivity contribution in [3.63, 3.8) is 0 Å². The van der Waals surface area contributed by atoms with Gasteiger partial charge in [-0.05, 0) is 53.7 Å². The number of thioether (sulfide) groups is 1. The lowest BCUT2D eigenvalue weighted by Gasteiger charge is -2.01. The summed E-state index contributed by atoms with van der Waals surface area (Å²) in [7, 11) is 3.44. The molecule has 1 fully saturated rings. The van der Waals surface area contributed by atoms with E-state index in [9.17, 15) is 14.0 Å². The number of aryl methyl sites for hydroxylation is 2. The first-order valence-corrected chi connectivity index (χ1v) is 8.94. The van der Waals surface area contributed by atoms with E-state index in [1.165, 1.54) is 12.1 Å². The highest BCUT2D eigenvalue weighted by Gasteiger charge is 2.23. The molecule has 0 saturated carbocycles. The number of aliphatic imine (C=N–C) groups is 1. The number of benzene rings is 2. The molecule has 1 aliphatic rings. The van der Waals surface area contributed by atoms with Gasteiger partial charge in [0.25, 0.3) is 5.24 Å². The van der Waals surface area contributed by atoms with Crippen molar-refractivity contribution in [1.29, 1.82) is 0 Å². The zero-order chi connectivity index (χ0) is 19.1. The molecule has 4 rings (SSSR count). The molecule has 27 heavy (non-hydrogen) atoms. The van der Waals surface area contributed by atoms with Crippen LogP contribution < -0.4 is 11.0 Å². The molecule has 0 bridgehead atoms. The molecular formula is C19H15FN4O2S. The molecule has 136 valence electrons. The maximum absolute atomic E-state index is 13.4. The maximum Gasteiger partial charge on any atom is 0.328 e. The molecule has 8 heteroatoms. The summed E-state index contributed by atoms with van der Waals surface area (Å²) in [6, 6.07) is 11.5. The molecule has 0 unspecified atom stereocenters. The number of nitrogens with zero attached hydrogens (tertiary/aromatic N) is 3. The van der Waals surface area contributed by atoms with Crippen molar-refractivity contribution >= 4 is 45.6 Å². The van der Waals surface area contributed by atoms with Crippen LogP contribution in [-0.4, -0.2) is 20.2 Å². The fourth-order valence-electron chi connectivity index (χ4n) is 2.95. The summed E-state index contributed by atoms with van der Waals surface area (Å²) in [4.78, 5) is 28.9. The minimum Gasteiger partial charge on any atom is -0.300 e. The molecule has 1 amide bonds. The number of carbonyl (C=O) groups excluding carboxylic acids is 1. The molecule has 3 aromatic rings. The smallest absolute Gasteiger partial charge is 0.300 e. The van der Waals surface area contributed by atoms with E-state index in [-0.39, 0.29) is 10.9 Å². The molecule has 0 radical (unpaired) electrons. The Kier molecular flexibility index (Phi) is 4.19. The average molecular weight is 382 g/mol. The van der Waals surface area contributed by atoms with E-state index in [0.717, 1.165) is 28.4 Å². The minimum atomic E-state index is -0.394. The summed E-state index contributed by atoms with van der Waals surface area (Å²) in [6.07, 6.45) is 1.82. The minimum absolute atomic E-state index is 0.102. The van der Waals surface area contributed by atoms with Crippen LogP contribution in [0.5, 0.6) is 0 Å². The van der Waals surface area contributed by atoms with Gasteiger partial charge in [-0.2, -0.15) is 0 Å². The summed E-state index contributed by atoms with van der Waals surface area (Å²) in [5.41, 5.74) is 2.76. The molecule has 0 atom stereocenters. The Morgan fingerprint density at radius 1 is 1.07 bits per heavy atom. The van der Waals surface area contributed by atoms with E-state index >= 15 is 0 Å². The van der Waals surface area contributed by atoms with Crippen LogP contribution in [0.15, 0.2) is 57.2 Å². The van der Waals surface area contributed by atoms with E-state index in [4.69, 9.17) is 0 Å². The van der Waals surface area contributed by atoms with Gasteiger partial charge in [-0.15, -0.1) is 0 Å². The fraction of sp³-hybridized carbons (Fsp3) is 0.105. The van der Waals surface area contributed by atoms with Gasteiger partial charge in [0.1, 0.15) is 11.7 Å². The van der Waals surface area contributed by atoms with Crippen molar-refractivity contribution in [2.75, 3.05) is 0 Å². The lowest BCUT2D eigenvalue weighted by molar-refractivity contribution is 0.265. The molecule has 1 aromatic heterocycles. The predicted octanol–water partition coefficient (Wildman–Crippen LogP) is 3.54. The second-order valence-electron chi connectivity index (χ2n) is 6.11. The summed E-state index contributed by atoms with van der Waals surface area (Å²) in [5, 5.41) is 2.43. The average Bonchev–Trinajstić information content (AvgIpc) is 3.07. The standard InChI is InChI=1S/C19H15FN4O2S/c1-23-14-7-6-11(8-15(14)24(2)19(23)26)9-16-17(22-18(25)27-16)21-13-5-3-4-12(20)10-13/h3-10H,1-2H3,(H,21,22,25). The number of rotatable bonds is 2. The van der Waals surface area contributed by atoms with Gasteiger partial charge in [0.15, 0.2) is 0 Å². The van der Waals surface area contributed by atoms with Crippen molar-refractivity contribution in [2.45, 2.75) is 0 Å². The number of imidazole rings is 1. The third kappa shape index (κ3) is 3.19. The number of aromatic nitrogens is 2. The second-order valence-corrected chi connectivity index (χ2v) is 7.13. The maximum atomic E-state index is 13.4. The van der Waals surface area contributed by atoms with Crippen LogP contribution in [-0.2, 0) is 14.1 Å². The Labute approximate surface area is 158 Å². The zero-order valence-corrected chi connectivity index (χ0v) is 15.4. The number of nitrogens with one attached hydrogen (secondary N) is 1. The number of fused-ring (bicyclic) bond motifs is 1. The van der Waals surface area contributed by atoms with Crippen molar-refractivity contribution in [1.82, 2.24) is 14.5 Å². The van der Waals surface area contributed by atoms with Gasteiger partial charge in [0, 0.05) is 14.1 Å². The quantitative estimate of drug-likeness (QED) is 0.737. The van der Waals surface area contributed by atoms with Gasteiger partial charge >= 0.3 is 5.69 Å². The third-order valence-electron chi connectivity index (χ3n) is 4.30. The largest absolute Gasteiger partial charge is 0.328 e. The van der Waals surface area contributed by atoms with E-state index in [2.05, 4.69) is 10.3 Å². The van der Waals surface area contributed by atoms with Crippen molar-refractivity contribution in [3.05, 3.63) is 69.2 Å². The second kappa shape index (κ2) is 6.55. The summed E-state index contributed by atoms with van der Waals surface area (Å²) in [5.74, 6) is -0.0209. The number of halogens is 1.